The van der Waals surface area contributed by atoms with Crippen LogP contribution in [0.15, 0.2) is 66.2 Å². The number of benzene rings is 2. The van der Waals surface area contributed by atoms with Crippen LogP contribution in [-0.4, -0.2) is 0 Å². The van der Waals surface area contributed by atoms with Crippen molar-refractivity contribution in [2.75, 3.05) is 0 Å². The molecule has 2 aromatic carbocycles. The molecule has 1 saturated carbocycles. The minimum absolute atomic E-state index is 0.600. The molecular formula is C21H22. The van der Waals surface area contributed by atoms with Crippen molar-refractivity contribution in [3.63, 3.8) is 0 Å². The number of allylic oxidation sites excluding steroid dienone is 2. The predicted molar refractivity (Wildman–Crippen MR) is 89.1 cm³/mol. The van der Waals surface area contributed by atoms with Gasteiger partial charge in [0, 0.05) is 5.92 Å². The van der Waals surface area contributed by atoms with Gasteiger partial charge in [-0.3, -0.25) is 0 Å². The molecule has 21 heavy (non-hydrogen) atoms. The highest BCUT2D eigenvalue weighted by atomic mass is 14.4. The molecule has 2 aromatic rings. The molecule has 2 aliphatic carbocycles. The maximum absolute atomic E-state index is 2.31. The van der Waals surface area contributed by atoms with E-state index in [0.717, 1.165) is 5.92 Å². The zero-order valence-electron chi connectivity index (χ0n) is 12.5. The summed E-state index contributed by atoms with van der Waals surface area (Å²) in [5, 5.41) is 0. The molecule has 0 amide bonds. The summed E-state index contributed by atoms with van der Waals surface area (Å²) in [4.78, 5) is 0. The van der Waals surface area contributed by atoms with E-state index in [1.165, 1.54) is 43.2 Å². The lowest BCUT2D eigenvalue weighted by molar-refractivity contribution is 0.364. The van der Waals surface area contributed by atoms with Crippen LogP contribution in [0.5, 0.6) is 0 Å². The van der Waals surface area contributed by atoms with Crippen LogP contribution in [0, 0.1) is 5.92 Å². The molecule has 0 heterocycles. The summed E-state index contributed by atoms with van der Waals surface area (Å²) in [6.07, 6.45) is 6.79. The van der Waals surface area contributed by atoms with Crippen LogP contribution in [0.2, 0.25) is 0 Å². The van der Waals surface area contributed by atoms with Crippen LogP contribution in [-0.2, 0) is 0 Å². The minimum atomic E-state index is 0.600. The van der Waals surface area contributed by atoms with E-state index in [1.54, 1.807) is 11.1 Å². The third kappa shape index (κ3) is 2.44. The fraction of sp³-hybridized carbons (Fsp3) is 0.333. The number of rotatable bonds is 2. The largest absolute Gasteiger partial charge is 0.0655 e. The SMILES string of the molecule is c1ccc(C2=C3CCCC(C3)CC2c2ccccc2)cc1. The van der Waals surface area contributed by atoms with Gasteiger partial charge in [0.2, 0.25) is 0 Å². The average molecular weight is 274 g/mol. The average Bonchev–Trinajstić information content (AvgIpc) is 2.56. The van der Waals surface area contributed by atoms with Crippen molar-refractivity contribution in [3.05, 3.63) is 77.4 Å². The van der Waals surface area contributed by atoms with Crippen molar-refractivity contribution >= 4 is 5.57 Å². The monoisotopic (exact) mass is 274 g/mol. The van der Waals surface area contributed by atoms with Gasteiger partial charge in [-0.25, -0.2) is 0 Å². The van der Waals surface area contributed by atoms with E-state index in [2.05, 4.69) is 60.7 Å². The molecule has 0 aliphatic heterocycles. The zero-order chi connectivity index (χ0) is 14.1. The summed E-state index contributed by atoms with van der Waals surface area (Å²) in [6.45, 7) is 0. The fourth-order valence-electron chi connectivity index (χ4n) is 4.31. The quantitative estimate of drug-likeness (QED) is 0.647. The number of hydrogen-bond acceptors (Lipinski definition) is 0. The summed E-state index contributed by atoms with van der Waals surface area (Å²) in [5.74, 6) is 1.51. The van der Waals surface area contributed by atoms with Crippen LogP contribution in [0.1, 0.15) is 49.1 Å². The van der Waals surface area contributed by atoms with Gasteiger partial charge in [-0.15, -0.1) is 0 Å². The third-order valence-electron chi connectivity index (χ3n) is 5.21. The lowest BCUT2D eigenvalue weighted by Crippen LogP contribution is -2.21. The van der Waals surface area contributed by atoms with E-state index in [-0.39, 0.29) is 0 Å². The first kappa shape index (κ1) is 12.9. The van der Waals surface area contributed by atoms with E-state index in [4.69, 9.17) is 0 Å². The molecule has 1 fully saturated rings. The molecule has 0 aromatic heterocycles. The molecule has 2 bridgehead atoms. The van der Waals surface area contributed by atoms with Gasteiger partial charge in [-0.1, -0.05) is 66.2 Å². The fourth-order valence-corrected chi connectivity index (χ4v) is 4.31. The van der Waals surface area contributed by atoms with Gasteiger partial charge in [-0.05, 0) is 54.7 Å². The Morgan fingerprint density at radius 2 is 1.52 bits per heavy atom. The zero-order valence-corrected chi connectivity index (χ0v) is 12.5. The van der Waals surface area contributed by atoms with Crippen LogP contribution >= 0.6 is 0 Å². The minimum Gasteiger partial charge on any atom is -0.0655 e. The van der Waals surface area contributed by atoms with Crippen LogP contribution in [0.3, 0.4) is 0 Å². The first-order chi connectivity index (χ1) is 10.4. The van der Waals surface area contributed by atoms with Crippen molar-refractivity contribution in [2.24, 2.45) is 5.92 Å². The van der Waals surface area contributed by atoms with Gasteiger partial charge in [0.1, 0.15) is 0 Å². The predicted octanol–water partition coefficient (Wildman–Crippen LogP) is 5.82. The van der Waals surface area contributed by atoms with Crippen molar-refractivity contribution < 1.29 is 0 Å². The second-order valence-electron chi connectivity index (χ2n) is 6.54. The molecule has 4 rings (SSSR count). The van der Waals surface area contributed by atoms with Gasteiger partial charge >= 0.3 is 0 Å². The molecule has 2 aliphatic rings. The highest BCUT2D eigenvalue weighted by molar-refractivity contribution is 5.75. The maximum atomic E-state index is 2.31. The molecule has 0 N–H and O–H groups in total. The maximum Gasteiger partial charge on any atom is 0.00975 e. The van der Waals surface area contributed by atoms with E-state index < -0.39 is 0 Å². The summed E-state index contributed by atoms with van der Waals surface area (Å²) in [6, 6.07) is 22.2. The van der Waals surface area contributed by atoms with Crippen LogP contribution in [0.4, 0.5) is 0 Å². The standard InChI is InChI=1S/C21H22/c1-3-9-17(10-4-1)20-15-16-8-7-13-19(14-16)21(20)18-11-5-2-6-12-18/h1-6,9-12,16,20H,7-8,13-15H2. The topological polar surface area (TPSA) is 0 Å². The van der Waals surface area contributed by atoms with E-state index in [1.807, 2.05) is 0 Å². The molecular weight excluding hydrogens is 252 g/mol. The van der Waals surface area contributed by atoms with Gasteiger partial charge in [0.05, 0.1) is 0 Å². The first-order valence-corrected chi connectivity index (χ1v) is 8.24. The summed E-state index contributed by atoms with van der Waals surface area (Å²) >= 11 is 0. The number of fused-ring (bicyclic) bond motifs is 2. The molecule has 0 nitrogen and oxygen atoms in total. The Hall–Kier alpha value is -1.82. The summed E-state index contributed by atoms with van der Waals surface area (Å²) < 4.78 is 0. The smallest absolute Gasteiger partial charge is 0.00975 e. The highest BCUT2D eigenvalue weighted by Crippen LogP contribution is 2.50. The van der Waals surface area contributed by atoms with Gasteiger partial charge in [0.25, 0.3) is 0 Å². The molecule has 0 saturated heterocycles. The van der Waals surface area contributed by atoms with Crippen molar-refractivity contribution in [2.45, 2.75) is 38.0 Å². The Morgan fingerprint density at radius 3 is 2.29 bits per heavy atom. The van der Waals surface area contributed by atoms with E-state index >= 15 is 0 Å². The second-order valence-corrected chi connectivity index (χ2v) is 6.54. The van der Waals surface area contributed by atoms with Gasteiger partial charge in [0.15, 0.2) is 0 Å². The van der Waals surface area contributed by atoms with E-state index in [9.17, 15) is 0 Å². The normalized spacial score (nSPS) is 25.0. The molecule has 2 atom stereocenters. The summed E-state index contributed by atoms with van der Waals surface area (Å²) in [5.41, 5.74) is 6.32. The third-order valence-corrected chi connectivity index (χ3v) is 5.21. The molecule has 2 unspecified atom stereocenters. The first-order valence-electron chi connectivity index (χ1n) is 8.24. The van der Waals surface area contributed by atoms with Gasteiger partial charge < -0.3 is 0 Å². The van der Waals surface area contributed by atoms with Crippen molar-refractivity contribution in [1.29, 1.82) is 0 Å². The molecule has 0 radical (unpaired) electrons. The number of hydrogen-bond donors (Lipinski definition) is 0. The Bertz CT molecular complexity index is 636. The molecule has 106 valence electrons. The van der Waals surface area contributed by atoms with Crippen molar-refractivity contribution in [1.82, 2.24) is 0 Å². The Balaban J connectivity index is 1.84. The van der Waals surface area contributed by atoms with Gasteiger partial charge in [-0.2, -0.15) is 0 Å². The lowest BCUT2D eigenvalue weighted by Gasteiger charge is -2.38. The Kier molecular flexibility index (Phi) is 3.39. The Morgan fingerprint density at radius 1 is 0.810 bits per heavy atom. The van der Waals surface area contributed by atoms with Crippen molar-refractivity contribution in [3.8, 4) is 0 Å². The van der Waals surface area contributed by atoms with Crippen LogP contribution < -0.4 is 0 Å². The van der Waals surface area contributed by atoms with Crippen LogP contribution in [0.25, 0.3) is 5.57 Å². The van der Waals surface area contributed by atoms with E-state index in [0.29, 0.717) is 5.92 Å². The summed E-state index contributed by atoms with van der Waals surface area (Å²) in [7, 11) is 0. The second kappa shape index (κ2) is 5.52. The lowest BCUT2D eigenvalue weighted by atomic mass is 9.67. The Labute approximate surface area is 127 Å². The molecule has 0 heteroatoms. The molecule has 0 spiro atoms. The highest BCUT2D eigenvalue weighted by Gasteiger charge is 2.32.